The first kappa shape index (κ1) is 18.2. The van der Waals surface area contributed by atoms with Crippen molar-refractivity contribution in [1.29, 1.82) is 0 Å². The van der Waals surface area contributed by atoms with Gasteiger partial charge in [-0.1, -0.05) is 0 Å². The van der Waals surface area contributed by atoms with Crippen LogP contribution in [0.1, 0.15) is 25.7 Å². The van der Waals surface area contributed by atoms with Gasteiger partial charge in [-0.15, -0.1) is 0 Å². The zero-order valence-corrected chi connectivity index (χ0v) is 15.5. The summed E-state index contributed by atoms with van der Waals surface area (Å²) in [5.41, 5.74) is -1.34. The molecule has 4 heterocycles. The first-order valence-corrected chi connectivity index (χ1v) is 9.46. The van der Waals surface area contributed by atoms with E-state index in [9.17, 15) is 9.59 Å². The monoisotopic (exact) mass is 374 g/mol. The highest BCUT2D eigenvalue weighted by Crippen LogP contribution is 2.68. The number of carbonyl (C=O) groups is 2. The molecular weight excluding hydrogens is 348 g/mol. The summed E-state index contributed by atoms with van der Waals surface area (Å²) in [7, 11) is 1.68. The molecule has 1 saturated carbocycles. The van der Waals surface area contributed by atoms with Crippen molar-refractivity contribution in [2.75, 3.05) is 33.3 Å². The van der Waals surface area contributed by atoms with E-state index < -0.39 is 16.6 Å². The third kappa shape index (κ3) is 2.96. The van der Waals surface area contributed by atoms with Crippen LogP contribution in [0.3, 0.4) is 0 Å². The minimum Gasteiger partial charge on any atom is -0.482 e. The fourth-order valence-electron chi connectivity index (χ4n) is 5.03. The number of amides is 2. The first-order chi connectivity index (χ1) is 13.0. The Labute approximate surface area is 158 Å². The summed E-state index contributed by atoms with van der Waals surface area (Å²) in [4.78, 5) is 28.8. The molecule has 8 heteroatoms. The largest absolute Gasteiger partial charge is 0.482 e. The topological polar surface area (TPSA) is 102 Å². The highest BCUT2D eigenvalue weighted by atomic mass is 16.5. The Kier molecular flexibility index (Phi) is 4.55. The van der Waals surface area contributed by atoms with Crippen LogP contribution in [0.5, 0.6) is 5.75 Å². The summed E-state index contributed by atoms with van der Waals surface area (Å²) in [6.07, 6.45) is 6.17. The summed E-state index contributed by atoms with van der Waals surface area (Å²) >= 11 is 0. The Balaban J connectivity index is 1.36. The predicted molar refractivity (Wildman–Crippen MR) is 97.1 cm³/mol. The van der Waals surface area contributed by atoms with Crippen LogP contribution in [0.4, 0.5) is 0 Å². The van der Waals surface area contributed by atoms with Crippen LogP contribution in [0.25, 0.3) is 0 Å². The first-order valence-electron chi connectivity index (χ1n) is 9.46. The zero-order valence-electron chi connectivity index (χ0n) is 15.5. The number of ether oxygens (including phenoxy) is 2. The maximum absolute atomic E-state index is 12.7. The average molecular weight is 374 g/mol. The number of piperidine rings is 1. The number of rotatable bonds is 6. The van der Waals surface area contributed by atoms with E-state index in [4.69, 9.17) is 9.47 Å². The van der Waals surface area contributed by atoms with E-state index in [-0.39, 0.29) is 18.4 Å². The molecule has 0 atom stereocenters. The van der Waals surface area contributed by atoms with Crippen LogP contribution in [0.2, 0.25) is 0 Å². The highest BCUT2D eigenvalue weighted by molar-refractivity contribution is 5.86. The van der Waals surface area contributed by atoms with Crippen molar-refractivity contribution in [3.63, 3.8) is 0 Å². The summed E-state index contributed by atoms with van der Waals surface area (Å²) in [5.74, 6) is 0.406. The van der Waals surface area contributed by atoms with Crippen LogP contribution in [-0.2, 0) is 14.3 Å². The quantitative estimate of drug-likeness (QED) is 0.648. The van der Waals surface area contributed by atoms with Crippen LogP contribution < -0.4 is 20.7 Å². The molecule has 3 aliphatic heterocycles. The van der Waals surface area contributed by atoms with Gasteiger partial charge in [-0.2, -0.15) is 0 Å². The molecule has 1 aliphatic carbocycles. The third-order valence-electron chi connectivity index (χ3n) is 6.22. The number of hydrogen-bond donors (Lipinski definition) is 3. The summed E-state index contributed by atoms with van der Waals surface area (Å²) in [6, 6.07) is 3.51. The van der Waals surface area contributed by atoms with Gasteiger partial charge in [-0.3, -0.25) is 14.6 Å². The Morgan fingerprint density at radius 2 is 2.11 bits per heavy atom. The Morgan fingerprint density at radius 1 is 1.33 bits per heavy atom. The van der Waals surface area contributed by atoms with Crippen molar-refractivity contribution < 1.29 is 19.1 Å². The zero-order chi connectivity index (χ0) is 19.0. The van der Waals surface area contributed by atoms with E-state index in [1.54, 1.807) is 31.6 Å². The lowest BCUT2D eigenvalue weighted by Gasteiger charge is -2.47. The van der Waals surface area contributed by atoms with Crippen molar-refractivity contribution in [3.05, 3.63) is 24.5 Å². The molecule has 2 amide bonds. The minimum absolute atomic E-state index is 0.0590. The summed E-state index contributed by atoms with van der Waals surface area (Å²) in [5, 5.41) is 9.08. The van der Waals surface area contributed by atoms with E-state index in [1.165, 1.54) is 0 Å². The van der Waals surface area contributed by atoms with E-state index in [1.807, 2.05) is 0 Å². The molecule has 8 nitrogen and oxygen atoms in total. The van der Waals surface area contributed by atoms with Gasteiger partial charge in [0.05, 0.1) is 22.8 Å². The molecule has 0 aromatic carbocycles. The molecule has 4 fully saturated rings. The Morgan fingerprint density at radius 3 is 2.78 bits per heavy atom. The predicted octanol–water partition coefficient (Wildman–Crippen LogP) is -0.00600. The van der Waals surface area contributed by atoms with Crippen LogP contribution in [0.15, 0.2) is 24.5 Å². The van der Waals surface area contributed by atoms with Crippen molar-refractivity contribution in [3.8, 4) is 5.75 Å². The van der Waals surface area contributed by atoms with E-state index in [2.05, 4.69) is 20.9 Å². The van der Waals surface area contributed by atoms with Gasteiger partial charge in [-0.25, -0.2) is 0 Å². The van der Waals surface area contributed by atoms with Gasteiger partial charge in [0.15, 0.2) is 6.61 Å². The normalized spacial score (nSPS) is 30.4. The lowest BCUT2D eigenvalue weighted by atomic mass is 9.53. The second kappa shape index (κ2) is 6.76. The Hall–Kier alpha value is -2.19. The maximum atomic E-state index is 12.7. The van der Waals surface area contributed by atoms with Crippen molar-refractivity contribution >= 4 is 11.8 Å². The average Bonchev–Trinajstić information content (AvgIpc) is 3.09. The molecule has 5 rings (SSSR count). The number of carbonyl (C=O) groups excluding carboxylic acids is 2. The number of aromatic nitrogens is 1. The minimum atomic E-state index is -0.471. The molecule has 1 aromatic heterocycles. The lowest BCUT2D eigenvalue weighted by molar-refractivity contribution is -0.140. The lowest BCUT2D eigenvalue weighted by Crippen LogP contribution is -2.61. The van der Waals surface area contributed by atoms with Crippen LogP contribution in [-0.4, -0.2) is 61.3 Å². The molecule has 3 N–H and O–H groups in total. The van der Waals surface area contributed by atoms with Gasteiger partial charge >= 0.3 is 0 Å². The molecule has 1 aromatic rings. The van der Waals surface area contributed by atoms with Crippen LogP contribution in [0, 0.1) is 5.41 Å². The molecule has 146 valence electrons. The fourth-order valence-corrected chi connectivity index (χ4v) is 5.03. The molecule has 1 spiro atoms. The Bertz CT molecular complexity index is 712. The second-order valence-corrected chi connectivity index (χ2v) is 7.80. The molecule has 4 aliphatic rings. The SMILES string of the molecule is CNC(=O)C12CC(CNC(=O)COc3cccnc3)(C1)OC21CCNCC1. The van der Waals surface area contributed by atoms with E-state index >= 15 is 0 Å². The summed E-state index contributed by atoms with van der Waals surface area (Å²) in [6.45, 7) is 2.02. The molecule has 3 saturated heterocycles. The second-order valence-electron chi connectivity index (χ2n) is 7.80. The standard InChI is InChI=1S/C19H26N4O4/c1-20-16(25)18-11-17(12-18,27-19(18)4-7-21-8-5-19)13-23-15(24)10-26-14-3-2-6-22-9-14/h2-3,6,9,21H,4-5,7-8,10-13H2,1H3,(H,20,25)(H,23,24). The number of hydrogen-bond acceptors (Lipinski definition) is 6. The van der Waals surface area contributed by atoms with Gasteiger partial charge in [0.25, 0.3) is 5.91 Å². The number of pyridine rings is 1. The van der Waals surface area contributed by atoms with Gasteiger partial charge in [0.2, 0.25) is 5.91 Å². The highest BCUT2D eigenvalue weighted by Gasteiger charge is 2.77. The summed E-state index contributed by atoms with van der Waals surface area (Å²) < 4.78 is 12.0. The van der Waals surface area contributed by atoms with E-state index in [0.29, 0.717) is 25.1 Å². The van der Waals surface area contributed by atoms with E-state index in [0.717, 1.165) is 25.9 Å². The van der Waals surface area contributed by atoms with Crippen molar-refractivity contribution in [1.82, 2.24) is 20.9 Å². The van der Waals surface area contributed by atoms with Gasteiger partial charge < -0.3 is 25.4 Å². The molecule has 27 heavy (non-hydrogen) atoms. The molecule has 0 unspecified atom stereocenters. The smallest absolute Gasteiger partial charge is 0.258 e. The van der Waals surface area contributed by atoms with Crippen molar-refractivity contribution in [2.24, 2.45) is 5.41 Å². The molecule has 0 radical (unpaired) electrons. The fraction of sp³-hybridized carbons (Fsp3) is 0.632. The third-order valence-corrected chi connectivity index (χ3v) is 6.22. The maximum Gasteiger partial charge on any atom is 0.258 e. The van der Waals surface area contributed by atoms with Gasteiger partial charge in [0, 0.05) is 19.8 Å². The molecular formula is C19H26N4O4. The van der Waals surface area contributed by atoms with Crippen molar-refractivity contribution in [2.45, 2.75) is 36.9 Å². The van der Waals surface area contributed by atoms with Gasteiger partial charge in [-0.05, 0) is 50.9 Å². The number of nitrogens with zero attached hydrogens (tertiary/aromatic N) is 1. The van der Waals surface area contributed by atoms with Gasteiger partial charge in [0.1, 0.15) is 5.75 Å². The number of nitrogens with one attached hydrogen (secondary N) is 3. The van der Waals surface area contributed by atoms with Crippen LogP contribution >= 0.6 is 0 Å². The molecule has 2 bridgehead atoms.